The average molecular weight is 435 g/mol. The molecule has 0 radical (unpaired) electrons. The van der Waals surface area contributed by atoms with Crippen molar-refractivity contribution < 1.29 is 18.0 Å². The van der Waals surface area contributed by atoms with Crippen molar-refractivity contribution in [2.24, 2.45) is 5.92 Å². The Balaban J connectivity index is 0.00000243. The molecule has 7 heteroatoms. The molecule has 3 nitrogen and oxygen atoms in total. The Kier molecular flexibility index (Phi) is 7.52. The number of carbonyl (C=O) groups excluding carboxylic acids is 1. The van der Waals surface area contributed by atoms with Gasteiger partial charge in [-0.15, -0.1) is 17.0 Å². The minimum absolute atomic E-state index is 0. The summed E-state index contributed by atoms with van der Waals surface area (Å²) in [5.41, 5.74) is 0.0245. The summed E-state index contributed by atoms with van der Waals surface area (Å²) >= 11 is 0. The number of piperazine rings is 1. The molecule has 1 aromatic carbocycles. The highest BCUT2D eigenvalue weighted by Gasteiger charge is 2.31. The van der Waals surface area contributed by atoms with Crippen LogP contribution in [0, 0.1) is 5.92 Å². The SMILES string of the molecule is Br.O=C1CCCCCC1CN1CCN(c2cccc(C(F)(F)F)c2)CC1. The van der Waals surface area contributed by atoms with Crippen LogP contribution in [-0.4, -0.2) is 43.4 Å². The van der Waals surface area contributed by atoms with Gasteiger partial charge in [0.1, 0.15) is 5.78 Å². The molecule has 146 valence electrons. The smallest absolute Gasteiger partial charge is 0.369 e. The fraction of sp³-hybridized carbons (Fsp3) is 0.632. The third kappa shape index (κ3) is 5.46. The Labute approximate surface area is 163 Å². The number of alkyl halides is 3. The molecule has 1 atom stereocenters. The van der Waals surface area contributed by atoms with Gasteiger partial charge >= 0.3 is 6.18 Å². The quantitative estimate of drug-likeness (QED) is 0.651. The van der Waals surface area contributed by atoms with Crippen LogP contribution in [-0.2, 0) is 11.0 Å². The van der Waals surface area contributed by atoms with Crippen molar-refractivity contribution >= 4 is 28.5 Å². The maximum absolute atomic E-state index is 12.9. The number of benzene rings is 1. The lowest BCUT2D eigenvalue weighted by Crippen LogP contribution is -2.48. The first-order valence-electron chi connectivity index (χ1n) is 9.11. The van der Waals surface area contributed by atoms with Crippen LogP contribution in [0.1, 0.15) is 37.7 Å². The highest BCUT2D eigenvalue weighted by atomic mass is 79.9. The molecule has 1 saturated carbocycles. The molecule has 0 amide bonds. The zero-order chi connectivity index (χ0) is 17.9. The standard InChI is InChI=1S/C19H25F3N2O.BrH/c20-19(21,22)16-6-4-7-17(13-16)24-11-9-23(10-12-24)14-15-5-2-1-3-8-18(15)25;/h4,6-7,13,15H,1-3,5,8-12,14H2;1H. The summed E-state index contributed by atoms with van der Waals surface area (Å²) in [5, 5.41) is 0. The monoisotopic (exact) mass is 434 g/mol. The lowest BCUT2D eigenvalue weighted by Gasteiger charge is -2.37. The van der Waals surface area contributed by atoms with E-state index in [0.717, 1.165) is 51.4 Å². The second-order valence-electron chi connectivity index (χ2n) is 7.10. The van der Waals surface area contributed by atoms with E-state index in [9.17, 15) is 18.0 Å². The molecular weight excluding hydrogens is 409 g/mol. The number of Topliss-reactive ketones (excluding diaryl/α,β-unsaturated/α-hetero) is 1. The van der Waals surface area contributed by atoms with Crippen molar-refractivity contribution in [1.82, 2.24) is 4.90 Å². The zero-order valence-corrected chi connectivity index (χ0v) is 16.5. The number of hydrogen-bond donors (Lipinski definition) is 0. The van der Waals surface area contributed by atoms with E-state index in [1.807, 2.05) is 4.90 Å². The van der Waals surface area contributed by atoms with Crippen molar-refractivity contribution in [2.45, 2.75) is 38.3 Å². The summed E-state index contributed by atoms with van der Waals surface area (Å²) in [7, 11) is 0. The van der Waals surface area contributed by atoms with E-state index in [2.05, 4.69) is 4.90 Å². The van der Waals surface area contributed by atoms with Gasteiger partial charge in [-0.2, -0.15) is 13.2 Å². The molecule has 0 aromatic heterocycles. The van der Waals surface area contributed by atoms with Crippen molar-refractivity contribution in [3.05, 3.63) is 29.8 Å². The van der Waals surface area contributed by atoms with Crippen LogP contribution in [0.3, 0.4) is 0 Å². The van der Waals surface area contributed by atoms with Crippen molar-refractivity contribution in [1.29, 1.82) is 0 Å². The molecule has 3 rings (SSSR count). The van der Waals surface area contributed by atoms with Gasteiger partial charge in [0.15, 0.2) is 0 Å². The van der Waals surface area contributed by atoms with Gasteiger partial charge in [0.25, 0.3) is 0 Å². The minimum atomic E-state index is -4.31. The third-order valence-electron chi connectivity index (χ3n) is 5.32. The van der Waals surface area contributed by atoms with E-state index < -0.39 is 11.7 Å². The van der Waals surface area contributed by atoms with E-state index in [0.29, 0.717) is 31.0 Å². The maximum Gasteiger partial charge on any atom is 0.416 e. The van der Waals surface area contributed by atoms with Gasteiger partial charge in [-0.25, -0.2) is 0 Å². The molecule has 1 aromatic rings. The number of carbonyl (C=O) groups is 1. The molecule has 2 fully saturated rings. The van der Waals surface area contributed by atoms with Crippen molar-refractivity contribution in [2.75, 3.05) is 37.6 Å². The van der Waals surface area contributed by atoms with Crippen LogP contribution in [0.2, 0.25) is 0 Å². The van der Waals surface area contributed by atoms with Crippen LogP contribution in [0.4, 0.5) is 18.9 Å². The summed E-state index contributed by atoms with van der Waals surface area (Å²) in [6.07, 6.45) is 0.657. The lowest BCUT2D eigenvalue weighted by molar-refractivity contribution is -0.137. The second kappa shape index (κ2) is 9.22. The van der Waals surface area contributed by atoms with Gasteiger partial charge in [-0.05, 0) is 31.0 Å². The fourth-order valence-corrected chi connectivity index (χ4v) is 3.80. The topological polar surface area (TPSA) is 23.6 Å². The molecule has 0 N–H and O–H groups in total. The first kappa shape index (κ1) is 21.2. The van der Waals surface area contributed by atoms with E-state index in [1.54, 1.807) is 6.07 Å². The van der Waals surface area contributed by atoms with Crippen LogP contribution in [0.5, 0.6) is 0 Å². The van der Waals surface area contributed by atoms with E-state index in [4.69, 9.17) is 0 Å². The Morgan fingerprint density at radius 2 is 1.77 bits per heavy atom. The number of halogens is 4. The lowest BCUT2D eigenvalue weighted by atomic mass is 9.98. The predicted octanol–water partition coefficient (Wildman–Crippen LogP) is 4.55. The molecular formula is C19H26BrF3N2O. The second-order valence-corrected chi connectivity index (χ2v) is 7.10. The van der Waals surface area contributed by atoms with Gasteiger partial charge < -0.3 is 4.90 Å². The number of ketones is 1. The third-order valence-corrected chi connectivity index (χ3v) is 5.32. The maximum atomic E-state index is 12.9. The summed E-state index contributed by atoms with van der Waals surface area (Å²) in [6, 6.07) is 5.54. The molecule has 1 unspecified atom stereocenters. The van der Waals surface area contributed by atoms with E-state index >= 15 is 0 Å². The van der Waals surface area contributed by atoms with Gasteiger partial charge in [-0.1, -0.05) is 18.9 Å². The molecule has 1 aliphatic carbocycles. The minimum Gasteiger partial charge on any atom is -0.369 e. The first-order chi connectivity index (χ1) is 11.9. The first-order valence-corrected chi connectivity index (χ1v) is 9.11. The van der Waals surface area contributed by atoms with E-state index in [-0.39, 0.29) is 22.9 Å². The summed E-state index contributed by atoms with van der Waals surface area (Å²) < 4.78 is 38.6. The van der Waals surface area contributed by atoms with Crippen molar-refractivity contribution in [3.63, 3.8) is 0 Å². The highest BCUT2D eigenvalue weighted by molar-refractivity contribution is 8.93. The van der Waals surface area contributed by atoms with Crippen LogP contribution in [0.25, 0.3) is 0 Å². The van der Waals surface area contributed by atoms with Crippen molar-refractivity contribution in [3.8, 4) is 0 Å². The average Bonchev–Trinajstić information content (AvgIpc) is 2.80. The highest BCUT2D eigenvalue weighted by Crippen LogP contribution is 2.32. The molecule has 1 aliphatic heterocycles. The summed E-state index contributed by atoms with van der Waals surface area (Å²) in [5.74, 6) is 0.528. The van der Waals surface area contributed by atoms with Gasteiger partial charge in [0.05, 0.1) is 5.56 Å². The number of nitrogens with zero attached hydrogens (tertiary/aromatic N) is 2. The Bertz CT molecular complexity index is 601. The molecule has 2 aliphatic rings. The molecule has 0 bridgehead atoms. The van der Waals surface area contributed by atoms with Gasteiger partial charge in [0, 0.05) is 50.7 Å². The molecule has 26 heavy (non-hydrogen) atoms. The summed E-state index contributed by atoms with van der Waals surface area (Å²) in [4.78, 5) is 16.5. The van der Waals surface area contributed by atoms with Gasteiger partial charge in [-0.3, -0.25) is 9.69 Å². The Morgan fingerprint density at radius 3 is 2.46 bits per heavy atom. The van der Waals surface area contributed by atoms with Gasteiger partial charge in [0.2, 0.25) is 0 Å². The fourth-order valence-electron chi connectivity index (χ4n) is 3.80. The van der Waals surface area contributed by atoms with E-state index in [1.165, 1.54) is 12.1 Å². The number of anilines is 1. The van der Waals surface area contributed by atoms with Crippen LogP contribution < -0.4 is 4.90 Å². The Morgan fingerprint density at radius 1 is 1.04 bits per heavy atom. The zero-order valence-electron chi connectivity index (χ0n) is 14.8. The predicted molar refractivity (Wildman–Crippen MR) is 102 cm³/mol. The van der Waals surface area contributed by atoms with Crippen LogP contribution in [0.15, 0.2) is 24.3 Å². The Hall–Kier alpha value is -1.08. The largest absolute Gasteiger partial charge is 0.416 e. The normalized spacial score (nSPS) is 22.7. The summed E-state index contributed by atoms with van der Waals surface area (Å²) in [6.45, 7) is 3.78. The number of rotatable bonds is 3. The molecule has 0 spiro atoms. The number of hydrogen-bond acceptors (Lipinski definition) is 3. The molecule has 1 saturated heterocycles. The molecule has 1 heterocycles. The van der Waals surface area contributed by atoms with Crippen LogP contribution >= 0.6 is 17.0 Å².